The second kappa shape index (κ2) is 8.25. The highest BCUT2D eigenvalue weighted by Gasteiger charge is 2.22. The molecule has 1 heterocycles. The van der Waals surface area contributed by atoms with Crippen LogP contribution in [0.4, 0.5) is 10.5 Å². The maximum Gasteiger partial charge on any atom is 0.317 e. The van der Waals surface area contributed by atoms with Crippen LogP contribution in [-0.4, -0.2) is 44.2 Å². The lowest BCUT2D eigenvalue weighted by Gasteiger charge is -2.36. The van der Waals surface area contributed by atoms with Gasteiger partial charge in [-0.2, -0.15) is 0 Å². The molecule has 1 saturated heterocycles. The zero-order valence-electron chi connectivity index (χ0n) is 14.2. The molecule has 0 unspecified atom stereocenters. The molecule has 132 valence electrons. The van der Waals surface area contributed by atoms with Crippen LogP contribution >= 0.6 is 15.9 Å². The standard InChI is InChI=1S/C19H22BrN3O2/c1-25-18-9-5-4-8-17(18)22-10-12-23(13-11-22)19(24)21-14-15-6-2-3-7-16(15)20/h2-9H,10-14H2,1H3,(H,21,24). The smallest absolute Gasteiger partial charge is 0.317 e. The van der Waals surface area contributed by atoms with Gasteiger partial charge >= 0.3 is 6.03 Å². The number of amides is 2. The number of hydrogen-bond donors (Lipinski definition) is 1. The highest BCUT2D eigenvalue weighted by atomic mass is 79.9. The second-order valence-electron chi connectivity index (χ2n) is 5.90. The van der Waals surface area contributed by atoms with Crippen molar-refractivity contribution in [3.63, 3.8) is 0 Å². The van der Waals surface area contributed by atoms with E-state index in [4.69, 9.17) is 4.74 Å². The minimum absolute atomic E-state index is 0.0181. The SMILES string of the molecule is COc1ccccc1N1CCN(C(=O)NCc2ccccc2Br)CC1. The van der Waals surface area contributed by atoms with Gasteiger partial charge in [-0.25, -0.2) is 4.79 Å². The minimum atomic E-state index is -0.0181. The number of nitrogens with one attached hydrogen (secondary N) is 1. The fourth-order valence-corrected chi connectivity index (χ4v) is 3.39. The number of urea groups is 1. The first-order chi connectivity index (χ1) is 12.2. The van der Waals surface area contributed by atoms with Gasteiger partial charge in [-0.3, -0.25) is 0 Å². The second-order valence-corrected chi connectivity index (χ2v) is 6.75. The van der Waals surface area contributed by atoms with E-state index in [0.717, 1.165) is 34.6 Å². The molecule has 1 aliphatic rings. The molecule has 5 nitrogen and oxygen atoms in total. The van der Waals surface area contributed by atoms with E-state index in [0.29, 0.717) is 19.6 Å². The van der Waals surface area contributed by atoms with Gasteiger partial charge in [0.15, 0.2) is 0 Å². The molecule has 2 aromatic rings. The Morgan fingerprint density at radius 3 is 2.48 bits per heavy atom. The molecule has 1 N–H and O–H groups in total. The van der Waals surface area contributed by atoms with Gasteiger partial charge in [0.25, 0.3) is 0 Å². The quantitative estimate of drug-likeness (QED) is 0.849. The highest BCUT2D eigenvalue weighted by molar-refractivity contribution is 9.10. The average Bonchev–Trinajstić information content (AvgIpc) is 2.67. The Morgan fingerprint density at radius 2 is 1.76 bits per heavy atom. The largest absolute Gasteiger partial charge is 0.495 e. The highest BCUT2D eigenvalue weighted by Crippen LogP contribution is 2.28. The van der Waals surface area contributed by atoms with Gasteiger partial charge in [-0.1, -0.05) is 46.3 Å². The fraction of sp³-hybridized carbons (Fsp3) is 0.316. The minimum Gasteiger partial charge on any atom is -0.495 e. The van der Waals surface area contributed by atoms with Gasteiger partial charge in [0, 0.05) is 37.2 Å². The number of piperazine rings is 1. The van der Waals surface area contributed by atoms with E-state index in [1.165, 1.54) is 0 Å². The number of carbonyl (C=O) groups is 1. The van der Waals surface area contributed by atoms with Gasteiger partial charge in [0.2, 0.25) is 0 Å². The van der Waals surface area contributed by atoms with Crippen molar-refractivity contribution in [1.82, 2.24) is 10.2 Å². The number of anilines is 1. The third-order valence-electron chi connectivity index (χ3n) is 4.38. The average molecular weight is 404 g/mol. The van der Waals surface area contributed by atoms with Gasteiger partial charge in [-0.05, 0) is 23.8 Å². The number of nitrogens with zero attached hydrogens (tertiary/aromatic N) is 2. The summed E-state index contributed by atoms with van der Waals surface area (Å²) in [5, 5.41) is 3.00. The molecule has 3 rings (SSSR count). The van der Waals surface area contributed by atoms with E-state index < -0.39 is 0 Å². The molecule has 1 aliphatic heterocycles. The van der Waals surface area contributed by atoms with Crippen molar-refractivity contribution in [3.8, 4) is 5.75 Å². The number of rotatable bonds is 4. The van der Waals surface area contributed by atoms with Crippen LogP contribution in [0.5, 0.6) is 5.75 Å². The summed E-state index contributed by atoms with van der Waals surface area (Å²) in [7, 11) is 1.68. The van der Waals surface area contributed by atoms with Crippen molar-refractivity contribution < 1.29 is 9.53 Å². The summed E-state index contributed by atoms with van der Waals surface area (Å²) in [6, 6.07) is 15.9. The van der Waals surface area contributed by atoms with Crippen molar-refractivity contribution in [2.24, 2.45) is 0 Å². The summed E-state index contributed by atoms with van der Waals surface area (Å²) in [6.45, 7) is 3.50. The molecule has 1 fully saturated rings. The Balaban J connectivity index is 1.53. The number of carbonyl (C=O) groups excluding carboxylic acids is 1. The van der Waals surface area contributed by atoms with Crippen LogP contribution in [-0.2, 0) is 6.54 Å². The fourth-order valence-electron chi connectivity index (χ4n) is 2.97. The Kier molecular flexibility index (Phi) is 5.81. The molecule has 0 atom stereocenters. The van der Waals surface area contributed by atoms with Gasteiger partial charge in [-0.15, -0.1) is 0 Å². The van der Waals surface area contributed by atoms with Crippen LogP contribution < -0.4 is 15.0 Å². The van der Waals surface area contributed by atoms with E-state index >= 15 is 0 Å². The molecule has 25 heavy (non-hydrogen) atoms. The van der Waals surface area contributed by atoms with Crippen molar-refractivity contribution >= 4 is 27.6 Å². The lowest BCUT2D eigenvalue weighted by Crippen LogP contribution is -2.51. The molecular weight excluding hydrogens is 382 g/mol. The normalized spacial score (nSPS) is 14.3. The number of benzene rings is 2. The van der Waals surface area contributed by atoms with E-state index in [1.807, 2.05) is 47.4 Å². The Bertz CT molecular complexity index is 730. The first-order valence-corrected chi connectivity index (χ1v) is 9.12. The van der Waals surface area contributed by atoms with Crippen LogP contribution in [0.1, 0.15) is 5.56 Å². The topological polar surface area (TPSA) is 44.8 Å². The van der Waals surface area contributed by atoms with E-state index in [-0.39, 0.29) is 6.03 Å². The lowest BCUT2D eigenvalue weighted by molar-refractivity contribution is 0.194. The van der Waals surface area contributed by atoms with Crippen LogP contribution in [0.25, 0.3) is 0 Å². The number of halogens is 1. The van der Waals surface area contributed by atoms with Crippen molar-refractivity contribution in [1.29, 1.82) is 0 Å². The summed E-state index contributed by atoms with van der Waals surface area (Å²) in [6.07, 6.45) is 0. The van der Waals surface area contributed by atoms with Crippen LogP contribution in [0.15, 0.2) is 53.0 Å². The van der Waals surface area contributed by atoms with E-state index in [1.54, 1.807) is 7.11 Å². The third kappa shape index (κ3) is 4.25. The summed E-state index contributed by atoms with van der Waals surface area (Å²) >= 11 is 3.51. The first-order valence-electron chi connectivity index (χ1n) is 8.33. The predicted octanol–water partition coefficient (Wildman–Crippen LogP) is 3.49. The van der Waals surface area contributed by atoms with E-state index in [9.17, 15) is 4.79 Å². The maximum absolute atomic E-state index is 12.4. The molecule has 2 amide bonds. The molecule has 2 aromatic carbocycles. The molecule has 0 saturated carbocycles. The van der Waals surface area contributed by atoms with E-state index in [2.05, 4.69) is 32.2 Å². The third-order valence-corrected chi connectivity index (χ3v) is 5.15. The van der Waals surface area contributed by atoms with Crippen molar-refractivity contribution in [3.05, 3.63) is 58.6 Å². The molecule has 0 spiro atoms. The Hall–Kier alpha value is -2.21. The molecule has 0 radical (unpaired) electrons. The summed E-state index contributed by atoms with van der Waals surface area (Å²) in [5.41, 5.74) is 2.15. The van der Waals surface area contributed by atoms with Crippen LogP contribution in [0, 0.1) is 0 Å². The number of para-hydroxylation sites is 2. The number of ether oxygens (including phenoxy) is 1. The monoisotopic (exact) mass is 403 g/mol. The molecule has 0 aliphatic carbocycles. The molecule has 0 bridgehead atoms. The summed E-state index contributed by atoms with van der Waals surface area (Å²) < 4.78 is 6.44. The van der Waals surface area contributed by atoms with Crippen LogP contribution in [0.3, 0.4) is 0 Å². The zero-order chi connectivity index (χ0) is 17.6. The van der Waals surface area contributed by atoms with Crippen molar-refractivity contribution in [2.45, 2.75) is 6.54 Å². The summed E-state index contributed by atoms with van der Waals surface area (Å²) in [5.74, 6) is 0.870. The Morgan fingerprint density at radius 1 is 1.08 bits per heavy atom. The number of methoxy groups -OCH3 is 1. The predicted molar refractivity (Wildman–Crippen MR) is 103 cm³/mol. The van der Waals surface area contributed by atoms with Crippen molar-refractivity contribution in [2.75, 3.05) is 38.2 Å². The molecule has 0 aromatic heterocycles. The molecular formula is C19H22BrN3O2. The maximum atomic E-state index is 12.4. The van der Waals surface area contributed by atoms with Gasteiger partial charge in [0.05, 0.1) is 12.8 Å². The van der Waals surface area contributed by atoms with Gasteiger partial charge < -0.3 is 19.9 Å². The molecule has 6 heteroatoms. The Labute approximate surface area is 156 Å². The van der Waals surface area contributed by atoms with Crippen LogP contribution in [0.2, 0.25) is 0 Å². The van der Waals surface area contributed by atoms with Gasteiger partial charge in [0.1, 0.15) is 5.75 Å². The lowest BCUT2D eigenvalue weighted by atomic mass is 10.2. The number of hydrogen-bond acceptors (Lipinski definition) is 3. The summed E-state index contributed by atoms with van der Waals surface area (Å²) in [4.78, 5) is 16.5. The zero-order valence-corrected chi connectivity index (χ0v) is 15.8. The first kappa shape index (κ1) is 17.6.